The van der Waals surface area contributed by atoms with Crippen molar-refractivity contribution in [1.82, 2.24) is 25.8 Å². The molecule has 10 heteroatoms. The Morgan fingerprint density at radius 3 is 3.00 bits per heavy atom. The maximum Gasteiger partial charge on any atom is 0.216 e. The lowest BCUT2D eigenvalue weighted by Crippen LogP contribution is -2.46. The molecule has 162 valence electrons. The summed E-state index contributed by atoms with van der Waals surface area (Å²) in [6, 6.07) is 3.97. The highest BCUT2D eigenvalue weighted by Crippen LogP contribution is 2.23. The van der Waals surface area contributed by atoms with E-state index in [1.54, 1.807) is 6.26 Å². The zero-order valence-electron chi connectivity index (χ0n) is 17.0. The highest BCUT2D eigenvalue weighted by molar-refractivity contribution is 14.0. The average Bonchev–Trinajstić information content (AvgIpc) is 3.39. The Morgan fingerprint density at radius 2 is 2.28 bits per heavy atom. The van der Waals surface area contributed by atoms with Crippen LogP contribution < -0.4 is 10.6 Å². The van der Waals surface area contributed by atoms with Crippen LogP contribution in [0.1, 0.15) is 45.4 Å². The van der Waals surface area contributed by atoms with Crippen molar-refractivity contribution < 1.29 is 8.63 Å². The second kappa shape index (κ2) is 12.3. The number of hydrogen-bond acceptors (Lipinski definition) is 5. The van der Waals surface area contributed by atoms with E-state index in [1.807, 2.05) is 19.1 Å². The third kappa shape index (κ3) is 7.09. The fourth-order valence-corrected chi connectivity index (χ4v) is 4.81. The summed E-state index contributed by atoms with van der Waals surface area (Å²) < 4.78 is 17.5. The Balaban J connectivity index is 0.00000300. The van der Waals surface area contributed by atoms with Gasteiger partial charge in [-0.1, -0.05) is 13.3 Å². The van der Waals surface area contributed by atoms with Crippen LogP contribution in [-0.4, -0.2) is 55.5 Å². The van der Waals surface area contributed by atoms with Crippen molar-refractivity contribution in [3.8, 4) is 11.6 Å². The number of H-pyrrole nitrogens is 1. The first-order chi connectivity index (χ1) is 13.7. The highest BCUT2D eigenvalue weighted by Gasteiger charge is 2.26. The van der Waals surface area contributed by atoms with Crippen molar-refractivity contribution in [1.29, 1.82) is 0 Å². The third-order valence-electron chi connectivity index (χ3n) is 4.86. The zero-order valence-corrected chi connectivity index (χ0v) is 20.2. The third-order valence-corrected chi connectivity index (χ3v) is 6.60. The van der Waals surface area contributed by atoms with Gasteiger partial charge in [-0.25, -0.2) is 4.98 Å². The molecule has 3 unspecified atom stereocenters. The fourth-order valence-electron chi connectivity index (χ4n) is 3.46. The predicted octanol–water partition coefficient (Wildman–Crippen LogP) is 2.86. The van der Waals surface area contributed by atoms with Gasteiger partial charge in [0.05, 0.1) is 6.26 Å². The maximum atomic E-state index is 12.2. The molecule has 1 saturated carbocycles. The number of nitrogens with zero attached hydrogens (tertiary/aromatic N) is 3. The van der Waals surface area contributed by atoms with Gasteiger partial charge in [0, 0.05) is 47.4 Å². The second-order valence-corrected chi connectivity index (χ2v) is 8.90. The highest BCUT2D eigenvalue weighted by atomic mass is 127. The van der Waals surface area contributed by atoms with E-state index in [2.05, 4.69) is 37.7 Å². The SMILES string of the molecule is CCNC(=NCCc1nc(-c2ccco2)n[nH]1)NC1CCCC(S(=O)CC)C1.I. The predicted molar refractivity (Wildman–Crippen MR) is 127 cm³/mol. The molecule has 0 radical (unpaired) electrons. The summed E-state index contributed by atoms with van der Waals surface area (Å²) >= 11 is 0. The molecular weight excluding hydrogens is 503 g/mol. The summed E-state index contributed by atoms with van der Waals surface area (Å²) in [5, 5.41) is 14.2. The minimum atomic E-state index is -0.721. The van der Waals surface area contributed by atoms with E-state index in [0.717, 1.165) is 49.8 Å². The summed E-state index contributed by atoms with van der Waals surface area (Å²) in [4.78, 5) is 9.12. The molecule has 1 aliphatic carbocycles. The minimum Gasteiger partial charge on any atom is -0.461 e. The monoisotopic (exact) mass is 534 g/mol. The van der Waals surface area contributed by atoms with Crippen LogP contribution >= 0.6 is 24.0 Å². The number of rotatable bonds is 8. The lowest BCUT2D eigenvalue weighted by atomic mass is 9.95. The summed E-state index contributed by atoms with van der Waals surface area (Å²) in [6.45, 7) is 5.45. The van der Waals surface area contributed by atoms with E-state index in [1.165, 1.54) is 0 Å². The van der Waals surface area contributed by atoms with Gasteiger partial charge in [0.2, 0.25) is 5.82 Å². The Kier molecular flexibility index (Phi) is 10.1. The van der Waals surface area contributed by atoms with Crippen LogP contribution in [0.4, 0.5) is 0 Å². The van der Waals surface area contributed by atoms with Crippen LogP contribution in [0.25, 0.3) is 11.6 Å². The number of guanidine groups is 1. The van der Waals surface area contributed by atoms with Crippen LogP contribution in [0.15, 0.2) is 27.8 Å². The van der Waals surface area contributed by atoms with Gasteiger partial charge in [-0.15, -0.1) is 24.0 Å². The minimum absolute atomic E-state index is 0. The van der Waals surface area contributed by atoms with Crippen LogP contribution in [0.2, 0.25) is 0 Å². The fraction of sp³-hybridized carbons (Fsp3) is 0.632. The number of nitrogens with one attached hydrogen (secondary N) is 3. The van der Waals surface area contributed by atoms with Gasteiger partial charge in [0.25, 0.3) is 0 Å². The van der Waals surface area contributed by atoms with Gasteiger partial charge in [-0.3, -0.25) is 14.3 Å². The summed E-state index contributed by atoms with van der Waals surface area (Å²) in [5.74, 6) is 3.54. The molecular formula is C19H31IN6O2S. The molecule has 29 heavy (non-hydrogen) atoms. The normalized spacial score (nSPS) is 20.7. The van der Waals surface area contributed by atoms with E-state index in [4.69, 9.17) is 4.42 Å². The molecule has 1 fully saturated rings. The summed E-state index contributed by atoms with van der Waals surface area (Å²) in [5.41, 5.74) is 0. The molecule has 2 aromatic rings. The first kappa shape index (κ1) is 23.8. The van der Waals surface area contributed by atoms with E-state index in [0.29, 0.717) is 35.8 Å². The average molecular weight is 534 g/mol. The molecule has 0 bridgehead atoms. The van der Waals surface area contributed by atoms with E-state index in [9.17, 15) is 4.21 Å². The zero-order chi connectivity index (χ0) is 19.8. The Labute approximate surface area is 191 Å². The standard InChI is InChI=1S/C19H30N6O2S.HI/c1-3-20-19(22-14-7-5-8-15(13-14)28(26)4-2)21-11-10-17-23-18(25-24-17)16-9-6-12-27-16;/h6,9,12,14-15H,3-5,7-8,10-11,13H2,1-2H3,(H2,20,21,22)(H,23,24,25);1H. The van der Waals surface area contributed by atoms with Gasteiger partial charge in [0.15, 0.2) is 11.7 Å². The first-order valence-electron chi connectivity index (χ1n) is 10.1. The molecule has 3 N–H and O–H groups in total. The van der Waals surface area contributed by atoms with Crippen LogP contribution in [0, 0.1) is 0 Å². The summed E-state index contributed by atoms with van der Waals surface area (Å²) in [6.07, 6.45) is 6.49. The number of aromatic nitrogens is 3. The molecule has 0 aromatic carbocycles. The second-order valence-electron chi connectivity index (χ2n) is 6.89. The lowest BCUT2D eigenvalue weighted by molar-refractivity contribution is 0.413. The van der Waals surface area contributed by atoms with Crippen molar-refractivity contribution in [2.24, 2.45) is 4.99 Å². The largest absolute Gasteiger partial charge is 0.461 e. The first-order valence-corrected chi connectivity index (χ1v) is 11.4. The molecule has 1 aliphatic rings. The lowest BCUT2D eigenvalue weighted by Gasteiger charge is -2.30. The smallest absolute Gasteiger partial charge is 0.216 e. The van der Waals surface area contributed by atoms with Crippen molar-refractivity contribution in [3.05, 3.63) is 24.2 Å². The Morgan fingerprint density at radius 1 is 1.41 bits per heavy atom. The van der Waals surface area contributed by atoms with Crippen molar-refractivity contribution in [2.45, 2.75) is 57.2 Å². The molecule has 0 saturated heterocycles. The molecule has 2 heterocycles. The molecule has 0 spiro atoms. The maximum absolute atomic E-state index is 12.2. The van der Waals surface area contributed by atoms with Crippen molar-refractivity contribution in [3.63, 3.8) is 0 Å². The van der Waals surface area contributed by atoms with Crippen molar-refractivity contribution >= 4 is 40.7 Å². The van der Waals surface area contributed by atoms with Crippen molar-refractivity contribution in [2.75, 3.05) is 18.8 Å². The number of halogens is 1. The number of hydrogen-bond donors (Lipinski definition) is 3. The van der Waals surface area contributed by atoms with E-state index in [-0.39, 0.29) is 24.0 Å². The molecule has 0 amide bonds. The molecule has 3 rings (SSSR count). The van der Waals surface area contributed by atoms with Gasteiger partial charge in [0.1, 0.15) is 5.82 Å². The van der Waals surface area contributed by atoms with E-state index < -0.39 is 10.8 Å². The molecule has 8 nitrogen and oxygen atoms in total. The van der Waals surface area contributed by atoms with Crippen LogP contribution in [0.3, 0.4) is 0 Å². The quantitative estimate of drug-likeness (QED) is 0.273. The van der Waals surface area contributed by atoms with E-state index >= 15 is 0 Å². The van der Waals surface area contributed by atoms with Gasteiger partial charge >= 0.3 is 0 Å². The van der Waals surface area contributed by atoms with Crippen LogP contribution in [0.5, 0.6) is 0 Å². The number of furan rings is 1. The number of aliphatic imine (C=N–C) groups is 1. The molecule has 3 atom stereocenters. The molecule has 2 aromatic heterocycles. The topological polar surface area (TPSA) is 108 Å². The number of aromatic amines is 1. The Bertz CT molecular complexity index is 780. The molecule has 0 aliphatic heterocycles. The van der Waals surface area contributed by atoms with Gasteiger partial charge < -0.3 is 15.1 Å². The van der Waals surface area contributed by atoms with Crippen LogP contribution in [-0.2, 0) is 17.2 Å². The van der Waals surface area contributed by atoms with Gasteiger partial charge in [-0.2, -0.15) is 5.10 Å². The summed E-state index contributed by atoms with van der Waals surface area (Å²) in [7, 11) is -0.721. The Hall–Kier alpha value is -1.43. The van der Waals surface area contributed by atoms with Gasteiger partial charge in [-0.05, 0) is 38.3 Å².